The van der Waals surface area contributed by atoms with Gasteiger partial charge in [0.05, 0.1) is 25.4 Å². The van der Waals surface area contributed by atoms with E-state index in [0.29, 0.717) is 18.5 Å². The second-order valence-corrected chi connectivity index (χ2v) is 7.14. The lowest BCUT2D eigenvalue weighted by atomic mass is 9.87. The number of methoxy groups -OCH3 is 1. The summed E-state index contributed by atoms with van der Waals surface area (Å²) in [4.78, 5) is 25.0. The molecule has 1 aliphatic rings. The van der Waals surface area contributed by atoms with Crippen LogP contribution in [0.1, 0.15) is 38.7 Å². The van der Waals surface area contributed by atoms with Gasteiger partial charge in [0, 0.05) is 22.8 Å². The van der Waals surface area contributed by atoms with Crippen molar-refractivity contribution >= 4 is 29.0 Å². The first-order chi connectivity index (χ1) is 12.7. The van der Waals surface area contributed by atoms with Crippen molar-refractivity contribution in [1.82, 2.24) is 9.78 Å². The van der Waals surface area contributed by atoms with Crippen LogP contribution in [0.15, 0.2) is 48.0 Å². The molecule has 4 rings (SSSR count). The zero-order chi connectivity index (χ0) is 18.1. The van der Waals surface area contributed by atoms with Crippen LogP contribution in [-0.2, 0) is 16.1 Å². The van der Waals surface area contributed by atoms with Crippen LogP contribution >= 0.6 is 11.3 Å². The van der Waals surface area contributed by atoms with Crippen molar-refractivity contribution in [1.29, 1.82) is 0 Å². The molecular formula is C19H17N3O3S. The van der Waals surface area contributed by atoms with E-state index < -0.39 is 0 Å². The predicted molar refractivity (Wildman–Crippen MR) is 98.5 cm³/mol. The van der Waals surface area contributed by atoms with Gasteiger partial charge in [-0.25, -0.2) is 9.48 Å². The Kier molecular flexibility index (Phi) is 4.30. The number of hydrogen-bond donors (Lipinski definition) is 1. The fourth-order valence-electron chi connectivity index (χ4n) is 3.21. The Bertz CT molecular complexity index is 945. The molecule has 0 unspecified atom stereocenters. The van der Waals surface area contributed by atoms with Crippen molar-refractivity contribution in [3.8, 4) is 0 Å². The number of rotatable bonds is 4. The van der Waals surface area contributed by atoms with E-state index >= 15 is 0 Å². The predicted octanol–water partition coefficient (Wildman–Crippen LogP) is 3.25. The lowest BCUT2D eigenvalue weighted by Gasteiger charge is -2.23. The zero-order valence-electron chi connectivity index (χ0n) is 14.1. The molecule has 3 aromatic rings. The second kappa shape index (κ2) is 6.76. The molecule has 6 nitrogen and oxygen atoms in total. The van der Waals surface area contributed by atoms with Crippen LogP contribution in [0.5, 0.6) is 0 Å². The highest BCUT2D eigenvalue weighted by atomic mass is 32.1. The van der Waals surface area contributed by atoms with Crippen molar-refractivity contribution in [2.75, 3.05) is 12.4 Å². The monoisotopic (exact) mass is 367 g/mol. The molecule has 1 aliphatic heterocycles. The molecule has 132 valence electrons. The van der Waals surface area contributed by atoms with Crippen molar-refractivity contribution in [3.05, 3.63) is 69.5 Å². The summed E-state index contributed by atoms with van der Waals surface area (Å²) >= 11 is 1.66. The van der Waals surface area contributed by atoms with E-state index in [9.17, 15) is 9.59 Å². The molecule has 0 bridgehead atoms. The van der Waals surface area contributed by atoms with Gasteiger partial charge in [-0.3, -0.25) is 4.79 Å². The van der Waals surface area contributed by atoms with Gasteiger partial charge in [-0.05, 0) is 29.1 Å². The molecule has 1 atom stereocenters. The fourth-order valence-corrected chi connectivity index (χ4v) is 3.89. The van der Waals surface area contributed by atoms with Gasteiger partial charge in [0.1, 0.15) is 5.82 Å². The zero-order valence-corrected chi connectivity index (χ0v) is 15.0. The highest BCUT2D eigenvalue weighted by Crippen LogP contribution is 2.37. The summed E-state index contributed by atoms with van der Waals surface area (Å²) in [5.41, 5.74) is 2.46. The molecule has 1 N–H and O–H groups in total. The number of carbonyl (C=O) groups is 2. The standard InChI is InChI=1S/C19H17N3O3S/c1-25-19(24)13-6-4-12(5-7-13)15-9-17(23)21-18-16(15)10-20-22(18)11-14-3-2-8-26-14/h2-8,10,15H,9,11H2,1H3,(H,21,23)/t15-/m1/s1. The lowest BCUT2D eigenvalue weighted by Crippen LogP contribution is -2.25. The van der Waals surface area contributed by atoms with E-state index in [1.54, 1.807) is 23.5 Å². The van der Waals surface area contributed by atoms with Crippen molar-refractivity contribution < 1.29 is 14.3 Å². The highest BCUT2D eigenvalue weighted by molar-refractivity contribution is 7.09. The van der Waals surface area contributed by atoms with Crippen molar-refractivity contribution in [3.63, 3.8) is 0 Å². The average Bonchev–Trinajstić information content (AvgIpc) is 3.31. The van der Waals surface area contributed by atoms with Gasteiger partial charge in [-0.15, -0.1) is 11.3 Å². The summed E-state index contributed by atoms with van der Waals surface area (Å²) in [6.07, 6.45) is 2.18. The lowest BCUT2D eigenvalue weighted by molar-refractivity contribution is -0.116. The highest BCUT2D eigenvalue weighted by Gasteiger charge is 2.30. The maximum atomic E-state index is 12.3. The molecule has 1 aromatic carbocycles. The number of esters is 1. The van der Waals surface area contributed by atoms with Crippen LogP contribution in [0.2, 0.25) is 0 Å². The summed E-state index contributed by atoms with van der Waals surface area (Å²) in [6.45, 7) is 0.626. The number of carbonyl (C=O) groups excluding carboxylic acids is 2. The van der Waals surface area contributed by atoms with Gasteiger partial charge in [0.15, 0.2) is 0 Å². The summed E-state index contributed by atoms with van der Waals surface area (Å²) in [7, 11) is 1.36. The van der Waals surface area contributed by atoms with Gasteiger partial charge in [0.25, 0.3) is 0 Å². The maximum Gasteiger partial charge on any atom is 0.337 e. The van der Waals surface area contributed by atoms with E-state index in [1.807, 2.05) is 40.5 Å². The van der Waals surface area contributed by atoms with E-state index in [-0.39, 0.29) is 17.8 Å². The topological polar surface area (TPSA) is 73.2 Å². The Morgan fingerprint density at radius 3 is 2.85 bits per heavy atom. The average molecular weight is 367 g/mol. The van der Waals surface area contributed by atoms with Crippen molar-refractivity contribution in [2.45, 2.75) is 18.9 Å². The summed E-state index contributed by atoms with van der Waals surface area (Å²) in [5.74, 6) is 0.258. The minimum absolute atomic E-state index is 0.0347. The first kappa shape index (κ1) is 16.5. The smallest absolute Gasteiger partial charge is 0.337 e. The molecule has 0 fully saturated rings. The van der Waals surface area contributed by atoms with Crippen LogP contribution < -0.4 is 5.32 Å². The largest absolute Gasteiger partial charge is 0.465 e. The Morgan fingerprint density at radius 1 is 1.35 bits per heavy atom. The molecule has 26 heavy (non-hydrogen) atoms. The summed E-state index contributed by atoms with van der Waals surface area (Å²) in [5, 5.41) is 9.45. The maximum absolute atomic E-state index is 12.3. The third-order valence-corrected chi connectivity index (χ3v) is 5.37. The van der Waals surface area contributed by atoms with Gasteiger partial charge in [-0.1, -0.05) is 18.2 Å². The minimum atomic E-state index is -0.373. The number of anilines is 1. The Morgan fingerprint density at radius 2 is 2.15 bits per heavy atom. The Balaban J connectivity index is 1.66. The minimum Gasteiger partial charge on any atom is -0.465 e. The molecule has 0 aliphatic carbocycles. The number of aromatic nitrogens is 2. The number of hydrogen-bond acceptors (Lipinski definition) is 5. The van der Waals surface area contributed by atoms with Gasteiger partial charge in [0.2, 0.25) is 5.91 Å². The molecule has 3 heterocycles. The summed E-state index contributed by atoms with van der Waals surface area (Å²) < 4.78 is 6.56. The number of fused-ring (bicyclic) bond motifs is 1. The third kappa shape index (κ3) is 3.01. The number of amides is 1. The number of ether oxygens (including phenoxy) is 1. The van der Waals surface area contributed by atoms with E-state index in [0.717, 1.165) is 16.9 Å². The molecule has 0 saturated heterocycles. The molecule has 7 heteroatoms. The molecular weight excluding hydrogens is 350 g/mol. The first-order valence-electron chi connectivity index (χ1n) is 8.22. The van der Waals surface area contributed by atoms with Crippen LogP contribution in [-0.4, -0.2) is 28.8 Å². The van der Waals surface area contributed by atoms with Crippen LogP contribution in [0.25, 0.3) is 0 Å². The molecule has 0 radical (unpaired) electrons. The first-order valence-corrected chi connectivity index (χ1v) is 9.10. The van der Waals surface area contributed by atoms with E-state index in [2.05, 4.69) is 10.4 Å². The van der Waals surface area contributed by atoms with Gasteiger partial charge >= 0.3 is 5.97 Å². The Labute approximate surface area is 154 Å². The number of thiophene rings is 1. The Hall–Kier alpha value is -2.93. The SMILES string of the molecule is COC(=O)c1ccc([C@H]2CC(=O)Nc3c2cnn3Cc2cccs2)cc1. The second-order valence-electron chi connectivity index (χ2n) is 6.10. The fraction of sp³-hybridized carbons (Fsp3) is 0.211. The van der Waals surface area contributed by atoms with Gasteiger partial charge < -0.3 is 10.1 Å². The number of nitrogens with zero attached hydrogens (tertiary/aromatic N) is 2. The van der Waals surface area contributed by atoms with E-state index in [1.165, 1.54) is 12.0 Å². The number of nitrogens with one attached hydrogen (secondary N) is 1. The molecule has 0 spiro atoms. The normalized spacial score (nSPS) is 16.0. The van der Waals surface area contributed by atoms with E-state index in [4.69, 9.17) is 4.74 Å². The number of benzene rings is 1. The molecule has 0 saturated carbocycles. The van der Waals surface area contributed by atoms with Crippen LogP contribution in [0, 0.1) is 0 Å². The molecule has 2 aromatic heterocycles. The quantitative estimate of drug-likeness (QED) is 0.719. The van der Waals surface area contributed by atoms with Crippen LogP contribution in [0.4, 0.5) is 5.82 Å². The van der Waals surface area contributed by atoms with Crippen LogP contribution in [0.3, 0.4) is 0 Å². The third-order valence-electron chi connectivity index (χ3n) is 4.51. The molecule has 1 amide bonds. The summed E-state index contributed by atoms with van der Waals surface area (Å²) in [6, 6.07) is 11.2. The van der Waals surface area contributed by atoms with Gasteiger partial charge in [-0.2, -0.15) is 5.10 Å². The van der Waals surface area contributed by atoms with Crippen molar-refractivity contribution in [2.24, 2.45) is 0 Å².